The highest BCUT2D eigenvalue weighted by molar-refractivity contribution is 5.66. The van der Waals surface area contributed by atoms with Crippen LogP contribution in [0.3, 0.4) is 0 Å². The zero-order valence-corrected chi connectivity index (χ0v) is 5.25. The third-order valence-corrected chi connectivity index (χ3v) is 0.592. The van der Waals surface area contributed by atoms with Gasteiger partial charge in [0.25, 0.3) is 6.29 Å². The van der Waals surface area contributed by atoms with Crippen molar-refractivity contribution in [2.24, 2.45) is 0 Å². The van der Waals surface area contributed by atoms with Gasteiger partial charge in [-0.05, 0) is 0 Å². The summed E-state index contributed by atoms with van der Waals surface area (Å²) >= 11 is 0. The lowest BCUT2D eigenvalue weighted by atomic mass is 10.7. The summed E-state index contributed by atoms with van der Waals surface area (Å²) in [5.41, 5.74) is 0. The molecule has 4 heteroatoms. The summed E-state index contributed by atoms with van der Waals surface area (Å²) in [5, 5.41) is 8.12. The maximum absolute atomic E-state index is 10.1. The highest BCUT2D eigenvalue weighted by Gasteiger charge is 2.06. The first-order chi connectivity index (χ1) is 4.20. The number of hydrogen-bond acceptors (Lipinski definition) is 4. The van der Waals surface area contributed by atoms with Gasteiger partial charge in [0.15, 0.2) is 0 Å². The van der Waals surface area contributed by atoms with Crippen LogP contribution in [0, 0.1) is 11.3 Å². The van der Waals surface area contributed by atoms with Crippen molar-refractivity contribution in [3.05, 3.63) is 0 Å². The molecule has 1 unspecified atom stereocenters. The molecule has 0 amide bonds. The fourth-order valence-corrected chi connectivity index (χ4v) is 0.278. The molecular weight excluding hydrogens is 122 g/mol. The van der Waals surface area contributed by atoms with Gasteiger partial charge in [0.1, 0.15) is 6.07 Å². The molecule has 0 aliphatic rings. The molecule has 50 valence electrons. The maximum Gasteiger partial charge on any atom is 0.305 e. The zero-order valence-electron chi connectivity index (χ0n) is 5.25. The summed E-state index contributed by atoms with van der Waals surface area (Å²) in [5.74, 6) is -0.525. The highest BCUT2D eigenvalue weighted by atomic mass is 16.7. The number of carbonyl (C=O) groups is 1. The Morgan fingerprint density at radius 3 is 2.44 bits per heavy atom. The molecule has 0 radical (unpaired) electrons. The first-order valence-electron chi connectivity index (χ1n) is 2.30. The van der Waals surface area contributed by atoms with E-state index in [0.717, 1.165) is 0 Å². The van der Waals surface area contributed by atoms with E-state index in [0.29, 0.717) is 0 Å². The number of methoxy groups -OCH3 is 1. The lowest BCUT2D eigenvalue weighted by Gasteiger charge is -2.04. The van der Waals surface area contributed by atoms with E-state index in [2.05, 4.69) is 9.47 Å². The van der Waals surface area contributed by atoms with Gasteiger partial charge in [-0.1, -0.05) is 0 Å². The molecule has 0 bridgehead atoms. The molecule has 0 aromatic carbocycles. The van der Waals surface area contributed by atoms with E-state index in [1.54, 1.807) is 6.07 Å². The van der Waals surface area contributed by atoms with Crippen molar-refractivity contribution in [2.45, 2.75) is 13.2 Å². The predicted molar refractivity (Wildman–Crippen MR) is 28.2 cm³/mol. The van der Waals surface area contributed by atoms with Crippen LogP contribution in [-0.2, 0) is 14.3 Å². The van der Waals surface area contributed by atoms with Gasteiger partial charge in [-0.2, -0.15) is 5.26 Å². The first-order valence-corrected chi connectivity index (χ1v) is 2.30. The van der Waals surface area contributed by atoms with Gasteiger partial charge in [0.2, 0.25) is 0 Å². The van der Waals surface area contributed by atoms with Crippen LogP contribution in [0.5, 0.6) is 0 Å². The van der Waals surface area contributed by atoms with Gasteiger partial charge >= 0.3 is 5.97 Å². The molecule has 0 aromatic rings. The smallest absolute Gasteiger partial charge is 0.305 e. The summed E-state index contributed by atoms with van der Waals surface area (Å²) in [4.78, 5) is 10.1. The van der Waals surface area contributed by atoms with Crippen molar-refractivity contribution in [1.29, 1.82) is 5.26 Å². The fraction of sp³-hybridized carbons (Fsp3) is 0.600. The van der Waals surface area contributed by atoms with E-state index < -0.39 is 12.3 Å². The number of nitrogens with zero attached hydrogens (tertiary/aromatic N) is 1. The van der Waals surface area contributed by atoms with Crippen molar-refractivity contribution in [2.75, 3.05) is 7.11 Å². The fourth-order valence-electron chi connectivity index (χ4n) is 0.278. The molecule has 0 saturated heterocycles. The molecule has 0 aliphatic heterocycles. The Labute approximate surface area is 53.0 Å². The number of ether oxygens (including phenoxy) is 2. The van der Waals surface area contributed by atoms with Crippen LogP contribution in [0.4, 0.5) is 0 Å². The first kappa shape index (κ1) is 7.92. The van der Waals surface area contributed by atoms with Crippen LogP contribution >= 0.6 is 0 Å². The molecular formula is C5H7NO3. The molecule has 0 aromatic heterocycles. The predicted octanol–water partition coefficient (Wildman–Crippen LogP) is 0.0456. The zero-order chi connectivity index (χ0) is 7.28. The highest BCUT2D eigenvalue weighted by Crippen LogP contribution is 1.89. The van der Waals surface area contributed by atoms with Gasteiger partial charge < -0.3 is 9.47 Å². The summed E-state index contributed by atoms with van der Waals surface area (Å²) in [6.45, 7) is 1.21. The molecule has 0 heterocycles. The molecule has 0 rings (SSSR count). The Kier molecular flexibility index (Phi) is 3.40. The molecule has 0 saturated carbocycles. The van der Waals surface area contributed by atoms with E-state index in [9.17, 15) is 4.79 Å². The standard InChI is InChI=1S/C5H7NO3/c1-4(7)9-5(3-6)8-2/h5H,1-2H3. The van der Waals surface area contributed by atoms with E-state index in [1.165, 1.54) is 14.0 Å². The number of rotatable bonds is 2. The van der Waals surface area contributed by atoms with Gasteiger partial charge in [0.05, 0.1) is 0 Å². The van der Waals surface area contributed by atoms with Gasteiger partial charge in [-0.15, -0.1) is 0 Å². The van der Waals surface area contributed by atoms with Crippen molar-refractivity contribution in [1.82, 2.24) is 0 Å². The van der Waals surface area contributed by atoms with Crippen LogP contribution in [0.2, 0.25) is 0 Å². The summed E-state index contributed by atoms with van der Waals surface area (Å²) < 4.78 is 8.73. The molecule has 9 heavy (non-hydrogen) atoms. The summed E-state index contributed by atoms with van der Waals surface area (Å²) in [6.07, 6.45) is -1.07. The largest absolute Gasteiger partial charge is 0.422 e. The molecule has 0 N–H and O–H groups in total. The third-order valence-electron chi connectivity index (χ3n) is 0.592. The van der Waals surface area contributed by atoms with Crippen LogP contribution in [0.25, 0.3) is 0 Å². The van der Waals surface area contributed by atoms with E-state index in [-0.39, 0.29) is 0 Å². The minimum Gasteiger partial charge on any atom is -0.422 e. The van der Waals surface area contributed by atoms with Crippen LogP contribution in [-0.4, -0.2) is 19.4 Å². The van der Waals surface area contributed by atoms with Gasteiger partial charge in [0, 0.05) is 14.0 Å². The van der Waals surface area contributed by atoms with Crippen LogP contribution in [0.1, 0.15) is 6.92 Å². The second-order valence-corrected chi connectivity index (χ2v) is 1.31. The normalized spacial score (nSPS) is 11.7. The van der Waals surface area contributed by atoms with Crippen LogP contribution in [0.15, 0.2) is 0 Å². The van der Waals surface area contributed by atoms with Gasteiger partial charge in [-0.25, -0.2) is 0 Å². The average Bonchev–Trinajstić information content (AvgIpc) is 1.82. The van der Waals surface area contributed by atoms with Crippen molar-refractivity contribution in [3.8, 4) is 6.07 Å². The Hall–Kier alpha value is -1.08. The number of hydrogen-bond donors (Lipinski definition) is 0. The molecule has 0 aliphatic carbocycles. The van der Waals surface area contributed by atoms with Crippen LogP contribution < -0.4 is 0 Å². The minimum absolute atomic E-state index is 0.525. The van der Waals surface area contributed by atoms with E-state index in [4.69, 9.17) is 5.26 Å². The maximum atomic E-state index is 10.1. The number of esters is 1. The topological polar surface area (TPSA) is 59.3 Å². The summed E-state index contributed by atoms with van der Waals surface area (Å²) in [7, 11) is 1.29. The second-order valence-electron chi connectivity index (χ2n) is 1.31. The Bertz CT molecular complexity index is 138. The molecule has 0 spiro atoms. The molecule has 0 fully saturated rings. The van der Waals surface area contributed by atoms with Crippen molar-refractivity contribution < 1.29 is 14.3 Å². The average molecular weight is 129 g/mol. The quantitative estimate of drug-likeness (QED) is 0.390. The van der Waals surface area contributed by atoms with Gasteiger partial charge in [-0.3, -0.25) is 4.79 Å². The summed E-state index contributed by atoms with van der Waals surface area (Å²) in [6, 6.07) is 1.62. The monoisotopic (exact) mass is 129 g/mol. The van der Waals surface area contributed by atoms with E-state index in [1.807, 2.05) is 0 Å². The Balaban J connectivity index is 3.60. The van der Waals surface area contributed by atoms with Crippen molar-refractivity contribution in [3.63, 3.8) is 0 Å². The van der Waals surface area contributed by atoms with Crippen molar-refractivity contribution >= 4 is 5.97 Å². The second kappa shape index (κ2) is 3.87. The Morgan fingerprint density at radius 1 is 1.78 bits per heavy atom. The lowest BCUT2D eigenvalue weighted by Crippen LogP contribution is -2.15. The number of carbonyl (C=O) groups excluding carboxylic acids is 1. The van der Waals surface area contributed by atoms with E-state index >= 15 is 0 Å². The Morgan fingerprint density at radius 2 is 2.33 bits per heavy atom. The minimum atomic E-state index is -1.07. The third kappa shape index (κ3) is 3.50. The molecule has 1 atom stereocenters. The number of nitriles is 1. The SMILES string of the molecule is COC(C#N)OC(C)=O. The molecule has 4 nitrogen and oxygen atoms in total. The lowest BCUT2D eigenvalue weighted by molar-refractivity contribution is -0.160.